The van der Waals surface area contributed by atoms with Crippen molar-refractivity contribution in [1.29, 1.82) is 0 Å². The summed E-state index contributed by atoms with van der Waals surface area (Å²) in [5.74, 6) is 2.37. The Hall–Kier alpha value is -2.14. The molecule has 2 aliphatic heterocycles. The first-order valence-corrected chi connectivity index (χ1v) is 12.4. The number of aryl methyl sites for hydroxylation is 1. The van der Waals surface area contributed by atoms with Crippen LogP contribution in [0.25, 0.3) is 10.9 Å². The molecular formula is C27H33ClN4. The van der Waals surface area contributed by atoms with E-state index in [1.54, 1.807) is 0 Å². The molecule has 2 N–H and O–H groups in total. The lowest BCUT2D eigenvalue weighted by Gasteiger charge is -2.45. The molecule has 0 aliphatic carbocycles. The van der Waals surface area contributed by atoms with Crippen LogP contribution < -0.4 is 15.5 Å². The van der Waals surface area contributed by atoms with Crippen LogP contribution in [-0.2, 0) is 6.42 Å². The van der Waals surface area contributed by atoms with Gasteiger partial charge >= 0.3 is 0 Å². The van der Waals surface area contributed by atoms with E-state index in [-0.39, 0.29) is 0 Å². The molecule has 0 spiro atoms. The smallest absolute Gasteiger partial charge is 0.129 e. The van der Waals surface area contributed by atoms with Crippen molar-refractivity contribution in [2.45, 2.75) is 31.7 Å². The average Bonchev–Trinajstić information content (AvgIpc) is 2.86. The molecule has 5 rings (SSSR count). The van der Waals surface area contributed by atoms with Crippen molar-refractivity contribution in [2.75, 3.05) is 37.6 Å². The molecule has 2 unspecified atom stereocenters. The average molecular weight is 449 g/mol. The number of piperazine rings is 1. The molecule has 2 saturated heterocycles. The van der Waals surface area contributed by atoms with E-state index < -0.39 is 0 Å². The Morgan fingerprint density at radius 2 is 1.84 bits per heavy atom. The first-order valence-electron chi connectivity index (χ1n) is 12.1. The maximum Gasteiger partial charge on any atom is 0.129 e. The Kier molecular flexibility index (Phi) is 6.92. The molecule has 32 heavy (non-hydrogen) atoms. The predicted octanol–water partition coefficient (Wildman–Crippen LogP) is 4.92. The number of hydrogen-bond donors (Lipinski definition) is 2. The number of rotatable bonds is 6. The van der Waals surface area contributed by atoms with Crippen molar-refractivity contribution in [3.05, 3.63) is 71.2 Å². The molecule has 0 saturated carbocycles. The minimum atomic E-state index is 0.435. The minimum absolute atomic E-state index is 0.435. The van der Waals surface area contributed by atoms with Crippen molar-refractivity contribution in [2.24, 2.45) is 11.8 Å². The third-order valence-electron chi connectivity index (χ3n) is 7.28. The third-order valence-corrected chi connectivity index (χ3v) is 7.58. The second kappa shape index (κ2) is 10.2. The number of halogens is 1. The number of aromatic nitrogens is 1. The number of piperidine rings is 1. The van der Waals surface area contributed by atoms with Crippen LogP contribution in [-0.4, -0.2) is 43.7 Å². The van der Waals surface area contributed by atoms with Crippen LogP contribution in [0.5, 0.6) is 0 Å². The Morgan fingerprint density at radius 3 is 2.69 bits per heavy atom. The molecule has 2 fully saturated rings. The zero-order valence-corrected chi connectivity index (χ0v) is 19.4. The van der Waals surface area contributed by atoms with Gasteiger partial charge in [-0.05, 0) is 74.4 Å². The van der Waals surface area contributed by atoms with Gasteiger partial charge in [-0.2, -0.15) is 0 Å². The van der Waals surface area contributed by atoms with Crippen molar-refractivity contribution in [1.82, 2.24) is 15.6 Å². The lowest BCUT2D eigenvalue weighted by molar-refractivity contribution is 0.199. The van der Waals surface area contributed by atoms with Crippen molar-refractivity contribution >= 4 is 28.3 Å². The van der Waals surface area contributed by atoms with E-state index in [2.05, 4.69) is 64.1 Å². The largest absolute Gasteiger partial charge is 0.351 e. The number of hydrogen-bond acceptors (Lipinski definition) is 4. The monoisotopic (exact) mass is 448 g/mol. The molecule has 3 aromatic rings. The van der Waals surface area contributed by atoms with Crippen LogP contribution in [0, 0.1) is 11.8 Å². The van der Waals surface area contributed by atoms with E-state index in [4.69, 9.17) is 16.6 Å². The fourth-order valence-corrected chi connectivity index (χ4v) is 5.84. The molecule has 2 aromatic carbocycles. The summed E-state index contributed by atoms with van der Waals surface area (Å²) in [6.45, 7) is 5.26. The highest BCUT2D eigenvalue weighted by Gasteiger charge is 2.36. The summed E-state index contributed by atoms with van der Waals surface area (Å²) in [7, 11) is 0. The Morgan fingerprint density at radius 1 is 0.969 bits per heavy atom. The molecule has 0 amide bonds. The molecule has 5 heteroatoms. The van der Waals surface area contributed by atoms with Gasteiger partial charge < -0.3 is 15.5 Å². The van der Waals surface area contributed by atoms with Gasteiger partial charge in [0.1, 0.15) is 5.82 Å². The van der Waals surface area contributed by atoms with E-state index >= 15 is 0 Å². The van der Waals surface area contributed by atoms with E-state index in [9.17, 15) is 0 Å². The number of fused-ring (bicyclic) bond motifs is 1. The number of nitrogens with one attached hydrogen (secondary N) is 2. The minimum Gasteiger partial charge on any atom is -0.351 e. The van der Waals surface area contributed by atoms with Gasteiger partial charge in [-0.15, -0.1) is 0 Å². The number of pyridine rings is 1. The lowest BCUT2D eigenvalue weighted by Crippen LogP contribution is -2.57. The Bertz CT molecular complexity index is 1020. The molecule has 3 atom stereocenters. The van der Waals surface area contributed by atoms with Crippen molar-refractivity contribution in [3.63, 3.8) is 0 Å². The lowest BCUT2D eigenvalue weighted by atomic mass is 9.77. The second-order valence-corrected chi connectivity index (χ2v) is 9.65. The van der Waals surface area contributed by atoms with E-state index in [1.807, 2.05) is 12.1 Å². The van der Waals surface area contributed by atoms with Gasteiger partial charge in [0.2, 0.25) is 0 Å². The quantitative estimate of drug-likeness (QED) is 0.561. The van der Waals surface area contributed by atoms with Crippen molar-refractivity contribution < 1.29 is 0 Å². The maximum atomic E-state index is 6.50. The highest BCUT2D eigenvalue weighted by Crippen LogP contribution is 2.34. The van der Waals surface area contributed by atoms with Gasteiger partial charge in [0.15, 0.2) is 0 Å². The standard InChI is InChI=1S/C27H33ClN4/c28-24-10-4-8-21-12-14-26(31-27(21)24)32-17-16-30-19-25(32)23(22-9-5-15-29-18-22)13-11-20-6-2-1-3-7-20/h1-4,6-8,10,12,14,22-23,25,29-30H,5,9,11,13,15-19H2/t22?,23?,25-/m0/s1. The van der Waals surface area contributed by atoms with Gasteiger partial charge in [0.25, 0.3) is 0 Å². The number of anilines is 1. The number of nitrogens with zero attached hydrogens (tertiary/aromatic N) is 2. The summed E-state index contributed by atoms with van der Waals surface area (Å²) < 4.78 is 0. The van der Waals surface area contributed by atoms with Crippen molar-refractivity contribution in [3.8, 4) is 0 Å². The summed E-state index contributed by atoms with van der Waals surface area (Å²) in [5, 5.41) is 9.18. The third kappa shape index (κ3) is 4.78. The zero-order chi connectivity index (χ0) is 21.8. The first-order chi connectivity index (χ1) is 15.8. The fraction of sp³-hybridized carbons (Fsp3) is 0.444. The molecular weight excluding hydrogens is 416 g/mol. The first kappa shape index (κ1) is 21.7. The van der Waals surface area contributed by atoms with Crippen LogP contribution in [0.4, 0.5) is 5.82 Å². The molecule has 0 bridgehead atoms. The Labute approximate surface area is 196 Å². The molecule has 3 heterocycles. The predicted molar refractivity (Wildman–Crippen MR) is 135 cm³/mol. The second-order valence-electron chi connectivity index (χ2n) is 9.24. The fourth-order valence-electron chi connectivity index (χ4n) is 5.62. The Balaban J connectivity index is 1.44. The summed E-state index contributed by atoms with van der Waals surface area (Å²) in [5.41, 5.74) is 2.34. The zero-order valence-electron chi connectivity index (χ0n) is 18.6. The normalized spacial score (nSPS) is 22.7. The van der Waals surface area contributed by atoms with Crippen LogP contribution in [0.1, 0.15) is 24.8 Å². The molecule has 1 aromatic heterocycles. The maximum absolute atomic E-state index is 6.50. The highest BCUT2D eigenvalue weighted by atomic mass is 35.5. The van der Waals surface area contributed by atoms with E-state index in [1.165, 1.54) is 24.8 Å². The summed E-state index contributed by atoms with van der Waals surface area (Å²) in [6.07, 6.45) is 4.92. The number of para-hydroxylation sites is 1. The molecule has 4 nitrogen and oxygen atoms in total. The van der Waals surface area contributed by atoms with E-state index in [0.29, 0.717) is 17.9 Å². The van der Waals surface area contributed by atoms with Crippen LogP contribution >= 0.6 is 11.6 Å². The summed E-state index contributed by atoms with van der Waals surface area (Å²) in [4.78, 5) is 7.60. The summed E-state index contributed by atoms with van der Waals surface area (Å²) in [6, 6.07) is 21.8. The van der Waals surface area contributed by atoms with Crippen LogP contribution in [0.3, 0.4) is 0 Å². The van der Waals surface area contributed by atoms with Gasteiger partial charge in [-0.25, -0.2) is 4.98 Å². The number of benzene rings is 2. The van der Waals surface area contributed by atoms with Crippen LogP contribution in [0.2, 0.25) is 5.02 Å². The summed E-state index contributed by atoms with van der Waals surface area (Å²) >= 11 is 6.50. The van der Waals surface area contributed by atoms with Gasteiger partial charge in [0, 0.05) is 31.1 Å². The molecule has 2 aliphatic rings. The van der Waals surface area contributed by atoms with Gasteiger partial charge in [-0.1, -0.05) is 54.1 Å². The topological polar surface area (TPSA) is 40.2 Å². The SMILES string of the molecule is Clc1cccc2ccc(N3CCNC[C@H]3C(CCc3ccccc3)C3CCCNC3)nc12. The van der Waals surface area contributed by atoms with Gasteiger partial charge in [0.05, 0.1) is 10.5 Å². The molecule has 168 valence electrons. The van der Waals surface area contributed by atoms with Crippen LogP contribution in [0.15, 0.2) is 60.7 Å². The molecule has 0 radical (unpaired) electrons. The highest BCUT2D eigenvalue weighted by molar-refractivity contribution is 6.35. The van der Waals surface area contributed by atoms with E-state index in [0.717, 1.165) is 60.9 Å². The van der Waals surface area contributed by atoms with Gasteiger partial charge in [-0.3, -0.25) is 0 Å².